The Hall–Kier alpha value is -0.810. The van der Waals surface area contributed by atoms with E-state index in [1.54, 1.807) is 7.11 Å². The van der Waals surface area contributed by atoms with E-state index in [1.807, 2.05) is 0 Å². The van der Waals surface area contributed by atoms with Gasteiger partial charge in [0, 0.05) is 26.8 Å². The van der Waals surface area contributed by atoms with Crippen LogP contribution in [0.4, 0.5) is 0 Å². The number of rotatable bonds is 8. The first kappa shape index (κ1) is 13.2. The van der Waals surface area contributed by atoms with E-state index < -0.39 is 0 Å². The number of unbranched alkanes of at least 4 members (excludes halogenated alkanes) is 1. The Kier molecular flexibility index (Phi) is 9.68. The topological polar surface area (TPSA) is 85.7 Å². The molecule has 0 amide bonds. The second-order valence-corrected chi connectivity index (χ2v) is 3.04. The molecule has 0 saturated carbocycles. The van der Waals surface area contributed by atoms with Crippen LogP contribution in [0.2, 0.25) is 0 Å². The summed E-state index contributed by atoms with van der Waals surface area (Å²) in [6, 6.07) is 0. The number of guanidine groups is 1. The molecule has 0 aromatic rings. The van der Waals surface area contributed by atoms with Crippen molar-refractivity contribution in [3.05, 3.63) is 0 Å². The molecular weight excluding hydrogens is 180 g/mol. The van der Waals surface area contributed by atoms with Crippen LogP contribution in [0.25, 0.3) is 0 Å². The molecule has 0 spiro atoms. The monoisotopic (exact) mass is 202 g/mol. The average molecular weight is 202 g/mol. The van der Waals surface area contributed by atoms with Gasteiger partial charge >= 0.3 is 0 Å². The lowest BCUT2D eigenvalue weighted by molar-refractivity contribution is 0.197. The standard InChI is InChI=1S/C9H22N4O/c1-14-8-4-7-13-9(11)12-6-3-2-5-10/h2-8,10H2,1H3,(H3,11,12,13). The fourth-order valence-corrected chi connectivity index (χ4v) is 0.950. The Bertz CT molecular complexity index is 150. The van der Waals surface area contributed by atoms with Crippen molar-refractivity contribution in [2.24, 2.45) is 16.5 Å². The predicted molar refractivity (Wildman–Crippen MR) is 59.3 cm³/mol. The summed E-state index contributed by atoms with van der Waals surface area (Å²) >= 11 is 0. The molecule has 84 valence electrons. The zero-order chi connectivity index (χ0) is 10.6. The van der Waals surface area contributed by atoms with Gasteiger partial charge in [-0.15, -0.1) is 0 Å². The molecular formula is C9H22N4O. The summed E-state index contributed by atoms with van der Waals surface area (Å²) in [5.41, 5.74) is 11.0. The molecule has 0 heterocycles. The van der Waals surface area contributed by atoms with Crippen molar-refractivity contribution >= 4 is 5.96 Å². The number of ether oxygens (including phenoxy) is 1. The number of hydrogen-bond donors (Lipinski definition) is 3. The van der Waals surface area contributed by atoms with Gasteiger partial charge in [0.05, 0.1) is 0 Å². The minimum absolute atomic E-state index is 0.512. The smallest absolute Gasteiger partial charge is 0.188 e. The van der Waals surface area contributed by atoms with Gasteiger partial charge in [-0.3, -0.25) is 4.99 Å². The number of aliphatic imine (C=N–C) groups is 1. The van der Waals surface area contributed by atoms with Gasteiger partial charge in [-0.2, -0.15) is 0 Å². The first-order chi connectivity index (χ1) is 6.81. The van der Waals surface area contributed by atoms with Crippen molar-refractivity contribution < 1.29 is 4.74 Å². The number of hydrogen-bond acceptors (Lipinski definition) is 3. The second kappa shape index (κ2) is 10.3. The van der Waals surface area contributed by atoms with E-state index in [0.717, 1.165) is 39.0 Å². The molecule has 0 bridgehead atoms. The minimum atomic E-state index is 0.512. The minimum Gasteiger partial charge on any atom is -0.385 e. The maximum atomic E-state index is 5.60. The van der Waals surface area contributed by atoms with Gasteiger partial charge < -0.3 is 21.5 Å². The molecule has 0 fully saturated rings. The molecule has 0 saturated heterocycles. The summed E-state index contributed by atoms with van der Waals surface area (Å²) in [5, 5.41) is 3.03. The average Bonchev–Trinajstić information content (AvgIpc) is 2.19. The van der Waals surface area contributed by atoms with Gasteiger partial charge in [-0.25, -0.2) is 0 Å². The lowest BCUT2D eigenvalue weighted by Gasteiger charge is -2.04. The van der Waals surface area contributed by atoms with Gasteiger partial charge in [0.15, 0.2) is 5.96 Å². The molecule has 0 unspecified atom stereocenters. The number of nitrogens with one attached hydrogen (secondary N) is 1. The summed E-state index contributed by atoms with van der Waals surface area (Å²) in [4.78, 5) is 4.13. The molecule has 5 nitrogen and oxygen atoms in total. The number of methoxy groups -OCH3 is 1. The predicted octanol–water partition coefficient (Wildman–Crippen LogP) is -0.334. The van der Waals surface area contributed by atoms with Crippen LogP contribution in [0.15, 0.2) is 4.99 Å². The van der Waals surface area contributed by atoms with Gasteiger partial charge in [0.1, 0.15) is 0 Å². The molecule has 0 radical (unpaired) electrons. The van der Waals surface area contributed by atoms with E-state index in [0.29, 0.717) is 12.5 Å². The molecule has 0 aromatic carbocycles. The number of nitrogens with two attached hydrogens (primary N) is 2. The highest BCUT2D eigenvalue weighted by atomic mass is 16.5. The largest absolute Gasteiger partial charge is 0.385 e. The fourth-order valence-electron chi connectivity index (χ4n) is 0.950. The van der Waals surface area contributed by atoms with Gasteiger partial charge in [0.2, 0.25) is 0 Å². The quantitative estimate of drug-likeness (QED) is 0.286. The third kappa shape index (κ3) is 9.28. The highest BCUT2D eigenvalue weighted by Crippen LogP contribution is 1.83. The van der Waals surface area contributed by atoms with Gasteiger partial charge in [-0.1, -0.05) is 0 Å². The van der Waals surface area contributed by atoms with E-state index in [9.17, 15) is 0 Å². The molecule has 5 heteroatoms. The van der Waals surface area contributed by atoms with Crippen molar-refractivity contribution in [2.75, 3.05) is 33.4 Å². The van der Waals surface area contributed by atoms with Gasteiger partial charge in [0.25, 0.3) is 0 Å². The summed E-state index contributed by atoms with van der Waals surface area (Å²) in [6.07, 6.45) is 2.95. The molecule has 0 atom stereocenters. The van der Waals surface area contributed by atoms with Crippen molar-refractivity contribution in [3.63, 3.8) is 0 Å². The van der Waals surface area contributed by atoms with Crippen LogP contribution in [-0.4, -0.2) is 39.3 Å². The summed E-state index contributed by atoms with van der Waals surface area (Å²) < 4.78 is 4.89. The van der Waals surface area contributed by atoms with E-state index in [1.165, 1.54) is 0 Å². The highest BCUT2D eigenvalue weighted by Gasteiger charge is 1.90. The second-order valence-electron chi connectivity index (χ2n) is 3.04. The Morgan fingerprint density at radius 1 is 1.36 bits per heavy atom. The van der Waals surface area contributed by atoms with Crippen LogP contribution in [0, 0.1) is 0 Å². The Morgan fingerprint density at radius 2 is 2.14 bits per heavy atom. The summed E-state index contributed by atoms with van der Waals surface area (Å²) in [5.74, 6) is 0.512. The third-order valence-electron chi connectivity index (χ3n) is 1.73. The zero-order valence-electron chi connectivity index (χ0n) is 8.96. The maximum Gasteiger partial charge on any atom is 0.188 e. The fraction of sp³-hybridized carbons (Fsp3) is 0.889. The van der Waals surface area contributed by atoms with Crippen LogP contribution in [-0.2, 0) is 4.74 Å². The Balaban J connectivity index is 3.28. The van der Waals surface area contributed by atoms with Crippen molar-refractivity contribution in [3.8, 4) is 0 Å². The van der Waals surface area contributed by atoms with Crippen LogP contribution < -0.4 is 16.8 Å². The lowest BCUT2D eigenvalue weighted by atomic mass is 10.3. The number of nitrogens with zero attached hydrogens (tertiary/aromatic N) is 1. The molecule has 0 aliphatic carbocycles. The maximum absolute atomic E-state index is 5.60. The Morgan fingerprint density at radius 3 is 2.79 bits per heavy atom. The van der Waals surface area contributed by atoms with Crippen molar-refractivity contribution in [1.82, 2.24) is 5.32 Å². The lowest BCUT2D eigenvalue weighted by Crippen LogP contribution is -2.32. The van der Waals surface area contributed by atoms with Crippen LogP contribution in [0.3, 0.4) is 0 Å². The molecule has 0 aromatic heterocycles. The van der Waals surface area contributed by atoms with Crippen LogP contribution >= 0.6 is 0 Å². The third-order valence-corrected chi connectivity index (χ3v) is 1.73. The summed E-state index contributed by atoms with van der Waals surface area (Å²) in [6.45, 7) is 3.01. The molecule has 0 rings (SSSR count). The molecule has 0 aliphatic heterocycles. The zero-order valence-corrected chi connectivity index (χ0v) is 8.96. The van der Waals surface area contributed by atoms with Crippen LogP contribution in [0.5, 0.6) is 0 Å². The van der Waals surface area contributed by atoms with E-state index in [-0.39, 0.29) is 0 Å². The first-order valence-electron chi connectivity index (χ1n) is 5.04. The van der Waals surface area contributed by atoms with E-state index in [4.69, 9.17) is 16.2 Å². The summed E-state index contributed by atoms with van der Waals surface area (Å²) in [7, 11) is 1.68. The molecule has 5 N–H and O–H groups in total. The Labute approximate surface area is 85.9 Å². The normalized spacial score (nSPS) is 11.7. The van der Waals surface area contributed by atoms with Crippen molar-refractivity contribution in [2.45, 2.75) is 19.3 Å². The first-order valence-corrected chi connectivity index (χ1v) is 5.04. The van der Waals surface area contributed by atoms with E-state index in [2.05, 4.69) is 10.3 Å². The van der Waals surface area contributed by atoms with E-state index >= 15 is 0 Å². The van der Waals surface area contributed by atoms with Gasteiger partial charge in [-0.05, 0) is 25.8 Å². The van der Waals surface area contributed by atoms with Crippen molar-refractivity contribution in [1.29, 1.82) is 0 Å². The van der Waals surface area contributed by atoms with Crippen LogP contribution in [0.1, 0.15) is 19.3 Å². The molecule has 14 heavy (non-hydrogen) atoms. The SMILES string of the molecule is COCCCN=C(N)NCCCCN. The molecule has 0 aliphatic rings. The highest BCUT2D eigenvalue weighted by molar-refractivity contribution is 5.77.